The molecule has 2 aromatic carbocycles. The van der Waals surface area contributed by atoms with E-state index in [1.165, 1.54) is 37.4 Å². The van der Waals surface area contributed by atoms with E-state index < -0.39 is 11.7 Å². The van der Waals surface area contributed by atoms with Crippen molar-refractivity contribution in [1.29, 1.82) is 0 Å². The fourth-order valence-electron chi connectivity index (χ4n) is 1.65. The van der Waals surface area contributed by atoms with E-state index in [4.69, 9.17) is 10.5 Å². The normalized spacial score (nSPS) is 10.1. The van der Waals surface area contributed by atoms with E-state index in [1.807, 2.05) is 0 Å². The lowest BCUT2D eigenvalue weighted by Crippen LogP contribution is -2.13. The van der Waals surface area contributed by atoms with Crippen LogP contribution in [-0.2, 0) is 0 Å². The van der Waals surface area contributed by atoms with Crippen molar-refractivity contribution in [2.24, 2.45) is 0 Å². The highest BCUT2D eigenvalue weighted by molar-refractivity contribution is 6.06. The number of carbonyl (C=O) groups excluding carboxylic acids is 1. The van der Waals surface area contributed by atoms with Crippen LogP contribution in [0.4, 0.5) is 15.8 Å². The van der Waals surface area contributed by atoms with Gasteiger partial charge in [-0.15, -0.1) is 0 Å². The van der Waals surface area contributed by atoms with Crippen LogP contribution in [-0.4, -0.2) is 18.1 Å². The molecule has 0 aliphatic carbocycles. The molecule has 0 unspecified atom stereocenters. The number of carbonyl (C=O) groups is 1. The first-order chi connectivity index (χ1) is 9.51. The fraction of sp³-hybridized carbons (Fsp3) is 0.0714. The summed E-state index contributed by atoms with van der Waals surface area (Å²) in [6, 6.07) is 8.01. The molecule has 4 N–H and O–H groups in total. The number of nitrogens with one attached hydrogen (secondary N) is 1. The molecule has 0 spiro atoms. The van der Waals surface area contributed by atoms with Crippen molar-refractivity contribution in [1.82, 2.24) is 0 Å². The number of anilines is 2. The molecule has 2 rings (SSSR count). The standard InChI is InChI=1S/C14H13FN2O3/c1-20-9-3-5-13(18)10(7-9)14(19)17-12-6-8(16)2-4-11(12)15/h2-7,18H,16H2,1H3,(H,17,19). The highest BCUT2D eigenvalue weighted by atomic mass is 19.1. The van der Waals surface area contributed by atoms with Crippen LogP contribution in [0.3, 0.4) is 0 Å². The molecule has 5 nitrogen and oxygen atoms in total. The van der Waals surface area contributed by atoms with E-state index in [9.17, 15) is 14.3 Å². The maximum Gasteiger partial charge on any atom is 0.259 e. The molecule has 6 heteroatoms. The minimum absolute atomic E-state index is 0.0221. The smallest absolute Gasteiger partial charge is 0.259 e. The highest BCUT2D eigenvalue weighted by Gasteiger charge is 2.14. The molecule has 0 atom stereocenters. The zero-order chi connectivity index (χ0) is 14.7. The maximum atomic E-state index is 13.5. The minimum Gasteiger partial charge on any atom is -0.507 e. The minimum atomic E-state index is -0.661. The number of phenols is 1. The van der Waals surface area contributed by atoms with Crippen LogP contribution in [0, 0.1) is 5.82 Å². The third-order valence-electron chi connectivity index (χ3n) is 2.69. The largest absolute Gasteiger partial charge is 0.507 e. The van der Waals surface area contributed by atoms with Crippen molar-refractivity contribution in [2.75, 3.05) is 18.2 Å². The Labute approximate surface area is 114 Å². The second kappa shape index (κ2) is 5.48. The Hall–Kier alpha value is -2.76. The molecule has 20 heavy (non-hydrogen) atoms. The zero-order valence-electron chi connectivity index (χ0n) is 10.7. The third-order valence-corrected chi connectivity index (χ3v) is 2.69. The lowest BCUT2D eigenvalue weighted by atomic mass is 10.1. The van der Waals surface area contributed by atoms with Crippen molar-refractivity contribution < 1.29 is 19.0 Å². The summed E-state index contributed by atoms with van der Waals surface area (Å²) in [5.41, 5.74) is 5.77. The molecule has 1 amide bonds. The molecule has 0 fully saturated rings. The van der Waals surface area contributed by atoms with Gasteiger partial charge in [-0.3, -0.25) is 4.79 Å². The molecule has 0 heterocycles. The monoisotopic (exact) mass is 276 g/mol. The molecule has 0 bridgehead atoms. The summed E-state index contributed by atoms with van der Waals surface area (Å²) in [6.45, 7) is 0. The average molecular weight is 276 g/mol. The van der Waals surface area contributed by atoms with Crippen molar-refractivity contribution in [3.63, 3.8) is 0 Å². The van der Waals surface area contributed by atoms with E-state index in [0.29, 0.717) is 11.4 Å². The number of phenolic OH excluding ortho intramolecular Hbond substituents is 1. The molecule has 2 aromatic rings. The summed E-state index contributed by atoms with van der Waals surface area (Å²) in [7, 11) is 1.44. The second-order valence-electron chi connectivity index (χ2n) is 4.08. The number of amides is 1. The van der Waals surface area contributed by atoms with Gasteiger partial charge in [0, 0.05) is 5.69 Å². The zero-order valence-corrected chi connectivity index (χ0v) is 10.7. The topological polar surface area (TPSA) is 84.6 Å². The summed E-state index contributed by atoms with van der Waals surface area (Å²) in [5.74, 6) is -1.10. The average Bonchev–Trinajstić information content (AvgIpc) is 2.43. The number of ether oxygens (including phenoxy) is 1. The summed E-state index contributed by atoms with van der Waals surface area (Å²) in [6.07, 6.45) is 0. The van der Waals surface area contributed by atoms with Crippen LogP contribution in [0.2, 0.25) is 0 Å². The van der Waals surface area contributed by atoms with Crippen LogP contribution in [0.5, 0.6) is 11.5 Å². The molecule has 0 saturated carbocycles. The van der Waals surface area contributed by atoms with Gasteiger partial charge in [0.25, 0.3) is 5.91 Å². The summed E-state index contributed by atoms with van der Waals surface area (Å²) < 4.78 is 18.5. The second-order valence-corrected chi connectivity index (χ2v) is 4.08. The lowest BCUT2D eigenvalue weighted by molar-refractivity contribution is 0.102. The van der Waals surface area contributed by atoms with Crippen molar-refractivity contribution in [3.05, 3.63) is 47.8 Å². The van der Waals surface area contributed by atoms with Gasteiger partial charge in [-0.1, -0.05) is 0 Å². The number of rotatable bonds is 3. The lowest BCUT2D eigenvalue weighted by Gasteiger charge is -2.09. The fourth-order valence-corrected chi connectivity index (χ4v) is 1.65. The molecule has 0 aromatic heterocycles. The number of nitrogen functional groups attached to an aromatic ring is 1. The van der Waals surface area contributed by atoms with Crippen molar-refractivity contribution >= 4 is 17.3 Å². The van der Waals surface area contributed by atoms with Gasteiger partial charge in [0.15, 0.2) is 0 Å². The van der Waals surface area contributed by atoms with Crippen LogP contribution >= 0.6 is 0 Å². The SMILES string of the molecule is COc1ccc(O)c(C(=O)Nc2cc(N)ccc2F)c1. The Morgan fingerprint density at radius 2 is 2.05 bits per heavy atom. The summed E-state index contributed by atoms with van der Waals surface area (Å²) in [5, 5.41) is 12.0. The quantitative estimate of drug-likeness (QED) is 0.751. The Morgan fingerprint density at radius 1 is 1.30 bits per heavy atom. The van der Waals surface area contributed by atoms with Gasteiger partial charge in [0.2, 0.25) is 0 Å². The van der Waals surface area contributed by atoms with E-state index in [-0.39, 0.29) is 17.0 Å². The van der Waals surface area contributed by atoms with Gasteiger partial charge in [-0.05, 0) is 36.4 Å². The molecule has 0 aliphatic heterocycles. The maximum absolute atomic E-state index is 13.5. The first-order valence-electron chi connectivity index (χ1n) is 5.74. The number of benzene rings is 2. The van der Waals surface area contributed by atoms with E-state index in [2.05, 4.69) is 5.32 Å². The van der Waals surface area contributed by atoms with E-state index in [0.717, 1.165) is 6.07 Å². The van der Waals surface area contributed by atoms with Gasteiger partial charge in [-0.25, -0.2) is 4.39 Å². The highest BCUT2D eigenvalue weighted by Crippen LogP contribution is 2.25. The van der Waals surface area contributed by atoms with E-state index >= 15 is 0 Å². The van der Waals surface area contributed by atoms with Crippen LogP contribution in [0.25, 0.3) is 0 Å². The molecule has 0 radical (unpaired) electrons. The predicted molar refractivity (Wildman–Crippen MR) is 73.4 cm³/mol. The number of nitrogens with two attached hydrogens (primary N) is 1. The van der Waals surface area contributed by atoms with Crippen molar-refractivity contribution in [3.8, 4) is 11.5 Å². The Kier molecular flexibility index (Phi) is 3.74. The van der Waals surface area contributed by atoms with Gasteiger partial charge in [0.05, 0.1) is 18.4 Å². The van der Waals surface area contributed by atoms with Gasteiger partial charge in [-0.2, -0.15) is 0 Å². The number of hydrogen-bond acceptors (Lipinski definition) is 4. The van der Waals surface area contributed by atoms with Crippen molar-refractivity contribution in [2.45, 2.75) is 0 Å². The molecular weight excluding hydrogens is 263 g/mol. The first kappa shape index (κ1) is 13.7. The predicted octanol–water partition coefficient (Wildman–Crippen LogP) is 2.37. The van der Waals surface area contributed by atoms with Gasteiger partial charge in [0.1, 0.15) is 17.3 Å². The Bertz CT molecular complexity index is 659. The number of hydrogen-bond donors (Lipinski definition) is 3. The molecule has 104 valence electrons. The van der Waals surface area contributed by atoms with Gasteiger partial charge < -0.3 is 20.9 Å². The first-order valence-corrected chi connectivity index (χ1v) is 5.74. The summed E-state index contributed by atoms with van der Waals surface area (Å²) in [4.78, 5) is 12.0. The van der Waals surface area contributed by atoms with E-state index in [1.54, 1.807) is 0 Å². The van der Waals surface area contributed by atoms with Crippen LogP contribution in [0.1, 0.15) is 10.4 Å². The third kappa shape index (κ3) is 2.80. The molecule has 0 aliphatic rings. The Morgan fingerprint density at radius 3 is 2.75 bits per heavy atom. The van der Waals surface area contributed by atoms with Gasteiger partial charge >= 0.3 is 0 Å². The van der Waals surface area contributed by atoms with Crippen LogP contribution in [0.15, 0.2) is 36.4 Å². The number of halogens is 1. The van der Waals surface area contributed by atoms with Crippen LogP contribution < -0.4 is 15.8 Å². The number of aromatic hydroxyl groups is 1. The molecule has 0 saturated heterocycles. The summed E-state index contributed by atoms with van der Waals surface area (Å²) >= 11 is 0. The Balaban J connectivity index is 2.30. The molecular formula is C14H13FN2O3. The number of methoxy groups -OCH3 is 1.